The fourth-order valence-electron chi connectivity index (χ4n) is 1.78. The molecule has 0 unspecified atom stereocenters. The second-order valence-corrected chi connectivity index (χ2v) is 3.43. The Morgan fingerprint density at radius 1 is 1.00 bits per heavy atom. The zero-order chi connectivity index (χ0) is 12.4. The Hall–Kier alpha value is -2.17. The lowest BCUT2D eigenvalue weighted by atomic mass is 10.1. The van der Waals surface area contributed by atoms with E-state index in [1.165, 1.54) is 20.3 Å². The molecule has 0 amide bonds. The highest BCUT2D eigenvalue weighted by Crippen LogP contribution is 2.36. The van der Waals surface area contributed by atoms with Crippen molar-refractivity contribution in [1.82, 2.24) is 4.98 Å². The summed E-state index contributed by atoms with van der Waals surface area (Å²) in [5, 5.41) is 0.768. The van der Waals surface area contributed by atoms with Gasteiger partial charge in [-0.1, -0.05) is 0 Å². The molecule has 2 aromatic rings. The lowest BCUT2D eigenvalue weighted by Crippen LogP contribution is -2.06. The molecule has 0 bridgehead atoms. The van der Waals surface area contributed by atoms with E-state index >= 15 is 0 Å². The molecule has 0 fully saturated rings. The van der Waals surface area contributed by atoms with Crippen molar-refractivity contribution in [3.8, 4) is 17.2 Å². The van der Waals surface area contributed by atoms with E-state index in [1.54, 1.807) is 13.2 Å². The lowest BCUT2D eigenvalue weighted by molar-refractivity contribution is 0.357. The van der Waals surface area contributed by atoms with Gasteiger partial charge in [0.25, 0.3) is 5.56 Å². The standard InChI is InChI=1S/C12H13NO4/c1-15-8-5-4-7-9(16-2)6-10(14)13-11(7)12(8)17-3/h4-6H,1-3H3,(H,13,14). The molecule has 17 heavy (non-hydrogen) atoms. The van der Waals surface area contributed by atoms with Crippen LogP contribution in [0.15, 0.2) is 23.0 Å². The number of rotatable bonds is 3. The summed E-state index contributed by atoms with van der Waals surface area (Å²) in [5.74, 6) is 1.55. The number of methoxy groups -OCH3 is 3. The minimum atomic E-state index is -0.249. The quantitative estimate of drug-likeness (QED) is 0.876. The van der Waals surface area contributed by atoms with Gasteiger partial charge in [0.15, 0.2) is 11.5 Å². The summed E-state index contributed by atoms with van der Waals surface area (Å²) < 4.78 is 15.6. The highest BCUT2D eigenvalue weighted by Gasteiger charge is 2.13. The van der Waals surface area contributed by atoms with Crippen LogP contribution >= 0.6 is 0 Å². The zero-order valence-electron chi connectivity index (χ0n) is 9.87. The van der Waals surface area contributed by atoms with E-state index in [0.29, 0.717) is 22.8 Å². The Morgan fingerprint density at radius 2 is 1.71 bits per heavy atom. The lowest BCUT2D eigenvalue weighted by Gasteiger charge is -2.11. The molecular weight excluding hydrogens is 222 g/mol. The van der Waals surface area contributed by atoms with Crippen LogP contribution in [-0.2, 0) is 0 Å². The maximum Gasteiger partial charge on any atom is 0.252 e. The highest BCUT2D eigenvalue weighted by molar-refractivity contribution is 5.91. The topological polar surface area (TPSA) is 60.5 Å². The number of nitrogens with one attached hydrogen (secondary N) is 1. The molecule has 1 heterocycles. The van der Waals surface area contributed by atoms with Gasteiger partial charge < -0.3 is 19.2 Å². The summed E-state index contributed by atoms with van der Waals surface area (Å²) in [6.45, 7) is 0. The number of H-pyrrole nitrogens is 1. The largest absolute Gasteiger partial charge is 0.496 e. The molecule has 0 aliphatic carbocycles. The van der Waals surface area contributed by atoms with Gasteiger partial charge in [-0.2, -0.15) is 0 Å². The predicted octanol–water partition coefficient (Wildman–Crippen LogP) is 1.55. The number of hydrogen-bond acceptors (Lipinski definition) is 4. The Bertz CT molecular complexity index is 603. The van der Waals surface area contributed by atoms with Crippen molar-refractivity contribution in [2.45, 2.75) is 0 Å². The number of aromatic amines is 1. The van der Waals surface area contributed by atoms with Gasteiger partial charge in [0.1, 0.15) is 5.75 Å². The molecule has 2 rings (SSSR count). The van der Waals surface area contributed by atoms with Crippen LogP contribution in [0, 0.1) is 0 Å². The van der Waals surface area contributed by atoms with Gasteiger partial charge in [-0.25, -0.2) is 0 Å². The molecule has 5 nitrogen and oxygen atoms in total. The van der Waals surface area contributed by atoms with Crippen molar-refractivity contribution in [1.29, 1.82) is 0 Å². The molecule has 0 saturated carbocycles. The van der Waals surface area contributed by atoms with E-state index in [1.807, 2.05) is 6.07 Å². The summed E-state index contributed by atoms with van der Waals surface area (Å²) in [6.07, 6.45) is 0. The van der Waals surface area contributed by atoms with E-state index in [-0.39, 0.29) is 5.56 Å². The Labute approximate surface area is 97.9 Å². The third kappa shape index (κ3) is 1.80. The van der Waals surface area contributed by atoms with E-state index in [9.17, 15) is 4.79 Å². The third-order valence-corrected chi connectivity index (χ3v) is 2.54. The van der Waals surface area contributed by atoms with E-state index in [4.69, 9.17) is 14.2 Å². The second-order valence-electron chi connectivity index (χ2n) is 3.43. The van der Waals surface area contributed by atoms with Crippen molar-refractivity contribution in [3.05, 3.63) is 28.6 Å². The van der Waals surface area contributed by atoms with Gasteiger partial charge in [0.2, 0.25) is 0 Å². The Kier molecular flexibility index (Phi) is 2.91. The molecule has 0 radical (unpaired) electrons. The predicted molar refractivity (Wildman–Crippen MR) is 64.2 cm³/mol. The summed E-state index contributed by atoms with van der Waals surface area (Å²) in [7, 11) is 4.59. The van der Waals surface area contributed by atoms with Crippen molar-refractivity contribution >= 4 is 10.9 Å². The van der Waals surface area contributed by atoms with Gasteiger partial charge >= 0.3 is 0 Å². The monoisotopic (exact) mass is 235 g/mol. The highest BCUT2D eigenvalue weighted by atomic mass is 16.5. The van der Waals surface area contributed by atoms with Crippen LogP contribution in [0.2, 0.25) is 0 Å². The Balaban J connectivity index is 2.89. The van der Waals surface area contributed by atoms with Crippen molar-refractivity contribution < 1.29 is 14.2 Å². The summed E-state index contributed by atoms with van der Waals surface area (Å²) in [4.78, 5) is 14.2. The van der Waals surface area contributed by atoms with Crippen LogP contribution in [0.4, 0.5) is 0 Å². The van der Waals surface area contributed by atoms with Gasteiger partial charge in [0.05, 0.1) is 26.8 Å². The molecule has 0 spiro atoms. The smallest absolute Gasteiger partial charge is 0.252 e. The number of hydrogen-bond donors (Lipinski definition) is 1. The van der Waals surface area contributed by atoms with Crippen LogP contribution in [0.5, 0.6) is 17.2 Å². The molecule has 0 saturated heterocycles. The zero-order valence-corrected chi connectivity index (χ0v) is 9.87. The van der Waals surface area contributed by atoms with Gasteiger partial charge in [-0.05, 0) is 12.1 Å². The average molecular weight is 235 g/mol. The normalized spacial score (nSPS) is 10.3. The molecular formula is C12H13NO4. The van der Waals surface area contributed by atoms with Gasteiger partial charge in [0, 0.05) is 11.5 Å². The second kappa shape index (κ2) is 4.37. The van der Waals surface area contributed by atoms with E-state index in [2.05, 4.69) is 4.98 Å². The average Bonchev–Trinajstić information content (AvgIpc) is 2.36. The molecule has 1 aromatic carbocycles. The number of pyridine rings is 1. The number of ether oxygens (including phenoxy) is 3. The van der Waals surface area contributed by atoms with Crippen LogP contribution in [0.3, 0.4) is 0 Å². The summed E-state index contributed by atoms with van der Waals surface area (Å²) >= 11 is 0. The number of aromatic nitrogens is 1. The van der Waals surface area contributed by atoms with Crippen molar-refractivity contribution in [2.75, 3.05) is 21.3 Å². The van der Waals surface area contributed by atoms with Crippen LogP contribution in [0.25, 0.3) is 10.9 Å². The van der Waals surface area contributed by atoms with Gasteiger partial charge in [-0.15, -0.1) is 0 Å². The minimum absolute atomic E-state index is 0.249. The van der Waals surface area contributed by atoms with Crippen molar-refractivity contribution in [3.63, 3.8) is 0 Å². The maximum absolute atomic E-state index is 11.5. The first-order chi connectivity index (χ1) is 8.21. The number of benzene rings is 1. The molecule has 1 aromatic heterocycles. The van der Waals surface area contributed by atoms with Crippen molar-refractivity contribution in [2.24, 2.45) is 0 Å². The van der Waals surface area contributed by atoms with Crippen LogP contribution in [0.1, 0.15) is 0 Å². The van der Waals surface area contributed by atoms with Crippen LogP contribution in [-0.4, -0.2) is 26.3 Å². The summed E-state index contributed by atoms with van der Waals surface area (Å²) in [5.41, 5.74) is 0.317. The third-order valence-electron chi connectivity index (χ3n) is 2.54. The van der Waals surface area contributed by atoms with E-state index < -0.39 is 0 Å². The molecule has 0 aliphatic heterocycles. The molecule has 0 atom stereocenters. The van der Waals surface area contributed by atoms with E-state index in [0.717, 1.165) is 5.39 Å². The first kappa shape index (κ1) is 11.3. The first-order valence-corrected chi connectivity index (χ1v) is 5.03. The van der Waals surface area contributed by atoms with Crippen LogP contribution < -0.4 is 19.8 Å². The first-order valence-electron chi connectivity index (χ1n) is 5.03. The molecule has 1 N–H and O–H groups in total. The van der Waals surface area contributed by atoms with Gasteiger partial charge in [-0.3, -0.25) is 4.79 Å². The Morgan fingerprint density at radius 3 is 2.29 bits per heavy atom. The maximum atomic E-state index is 11.5. The summed E-state index contributed by atoms with van der Waals surface area (Å²) in [6, 6.07) is 4.97. The fourth-order valence-corrected chi connectivity index (χ4v) is 1.78. The fraction of sp³-hybridized carbons (Fsp3) is 0.250. The molecule has 90 valence electrons. The molecule has 5 heteroatoms. The number of fused-ring (bicyclic) bond motifs is 1. The molecule has 0 aliphatic rings. The minimum Gasteiger partial charge on any atom is -0.496 e. The SMILES string of the molecule is COc1ccc2c(OC)cc(=O)[nH]c2c1OC.